The normalized spacial score (nSPS) is 10.5. The molecule has 0 saturated carbocycles. The van der Waals surface area contributed by atoms with Crippen molar-refractivity contribution in [2.24, 2.45) is 0 Å². The lowest BCUT2D eigenvalue weighted by molar-refractivity contribution is -0.107. The summed E-state index contributed by atoms with van der Waals surface area (Å²) >= 11 is 5.03. The number of hydrogen-bond acceptors (Lipinski definition) is 2. The van der Waals surface area contributed by atoms with Crippen molar-refractivity contribution in [3.63, 3.8) is 0 Å². The van der Waals surface area contributed by atoms with Crippen LogP contribution in [0.4, 0.5) is 0 Å². The highest BCUT2D eigenvalue weighted by molar-refractivity contribution is 6.66. The molecule has 52 valence electrons. The minimum Gasteiger partial charge on any atom is -0.465 e. The molecular weight excluding hydrogens is 152 g/mol. The van der Waals surface area contributed by atoms with Crippen LogP contribution in [0.2, 0.25) is 0 Å². The van der Waals surface area contributed by atoms with E-state index in [0.717, 1.165) is 0 Å². The second kappa shape index (κ2) is 3.22. The number of furan rings is 1. The van der Waals surface area contributed by atoms with Crippen LogP contribution in [0.5, 0.6) is 0 Å². The van der Waals surface area contributed by atoms with Crippen LogP contribution in [0.1, 0.15) is 5.76 Å². The van der Waals surface area contributed by atoms with Crippen molar-refractivity contribution >= 4 is 22.9 Å². The van der Waals surface area contributed by atoms with Crippen molar-refractivity contribution < 1.29 is 9.21 Å². The van der Waals surface area contributed by atoms with Crippen molar-refractivity contribution in [3.8, 4) is 0 Å². The summed E-state index contributed by atoms with van der Waals surface area (Å²) in [5, 5.41) is -0.503. The molecule has 0 aliphatic heterocycles. The predicted molar refractivity (Wildman–Crippen MR) is 38.6 cm³/mol. The quantitative estimate of drug-likeness (QED) is 0.485. The molecule has 0 spiro atoms. The van der Waals surface area contributed by atoms with Crippen LogP contribution in [-0.2, 0) is 4.79 Å². The molecule has 3 heteroatoms. The Bertz CT molecular complexity index is 236. The maximum atomic E-state index is 10.2. The zero-order valence-corrected chi connectivity index (χ0v) is 5.84. The molecule has 0 aliphatic carbocycles. The molecule has 1 aromatic rings. The van der Waals surface area contributed by atoms with E-state index in [4.69, 9.17) is 16.0 Å². The maximum absolute atomic E-state index is 10.2. The van der Waals surface area contributed by atoms with Crippen molar-refractivity contribution in [1.29, 1.82) is 0 Å². The van der Waals surface area contributed by atoms with Crippen LogP contribution in [0.25, 0.3) is 6.08 Å². The van der Waals surface area contributed by atoms with Gasteiger partial charge in [0.05, 0.1) is 6.26 Å². The Hall–Kier alpha value is -1.02. The van der Waals surface area contributed by atoms with Gasteiger partial charge in [-0.05, 0) is 29.8 Å². The highest BCUT2D eigenvalue weighted by Crippen LogP contribution is 2.02. The maximum Gasteiger partial charge on any atom is 0.245 e. The zero-order chi connectivity index (χ0) is 7.40. The molecule has 0 fully saturated rings. The third kappa shape index (κ3) is 2.07. The third-order valence-electron chi connectivity index (χ3n) is 0.922. The molecule has 1 heterocycles. The first-order chi connectivity index (χ1) is 4.79. The van der Waals surface area contributed by atoms with Gasteiger partial charge in [-0.2, -0.15) is 0 Å². The van der Waals surface area contributed by atoms with E-state index in [2.05, 4.69) is 0 Å². The molecule has 1 rings (SSSR count). The summed E-state index contributed by atoms with van der Waals surface area (Å²) in [6, 6.07) is 3.47. The van der Waals surface area contributed by atoms with E-state index in [1.165, 1.54) is 18.4 Å². The highest BCUT2D eigenvalue weighted by Gasteiger charge is 1.88. The number of hydrogen-bond donors (Lipinski definition) is 0. The Balaban J connectivity index is 2.64. The van der Waals surface area contributed by atoms with E-state index >= 15 is 0 Å². The van der Waals surface area contributed by atoms with Gasteiger partial charge >= 0.3 is 0 Å². The van der Waals surface area contributed by atoms with E-state index in [0.29, 0.717) is 5.76 Å². The highest BCUT2D eigenvalue weighted by atomic mass is 35.5. The average Bonchev–Trinajstić information content (AvgIpc) is 2.34. The summed E-state index contributed by atoms with van der Waals surface area (Å²) in [6.45, 7) is 0. The topological polar surface area (TPSA) is 30.2 Å². The lowest BCUT2D eigenvalue weighted by Crippen LogP contribution is -1.72. The summed E-state index contributed by atoms with van der Waals surface area (Å²) < 4.78 is 4.89. The summed E-state index contributed by atoms with van der Waals surface area (Å²) in [5.74, 6) is 0.619. The SMILES string of the molecule is O=C(Cl)/C=C/c1ccco1. The first-order valence-corrected chi connectivity index (χ1v) is 3.08. The summed E-state index contributed by atoms with van der Waals surface area (Å²) in [5.41, 5.74) is 0. The molecule has 0 atom stereocenters. The number of carbonyl (C=O) groups is 1. The molecule has 0 radical (unpaired) electrons. The lowest BCUT2D eigenvalue weighted by Gasteiger charge is -1.78. The molecule has 10 heavy (non-hydrogen) atoms. The van der Waals surface area contributed by atoms with Gasteiger partial charge < -0.3 is 4.42 Å². The van der Waals surface area contributed by atoms with Gasteiger partial charge in [0.1, 0.15) is 5.76 Å². The van der Waals surface area contributed by atoms with Gasteiger partial charge in [-0.1, -0.05) is 0 Å². The zero-order valence-electron chi connectivity index (χ0n) is 5.08. The molecule has 0 aromatic carbocycles. The van der Waals surface area contributed by atoms with Crippen LogP contribution >= 0.6 is 11.6 Å². The van der Waals surface area contributed by atoms with Gasteiger partial charge in [-0.15, -0.1) is 0 Å². The molecular formula is C7H5ClO2. The van der Waals surface area contributed by atoms with Gasteiger partial charge in [0.25, 0.3) is 0 Å². The van der Waals surface area contributed by atoms with E-state index < -0.39 is 5.24 Å². The Kier molecular flexibility index (Phi) is 2.29. The molecule has 0 N–H and O–H groups in total. The fourth-order valence-corrected chi connectivity index (χ4v) is 0.597. The summed E-state index contributed by atoms with van der Waals surface area (Å²) in [4.78, 5) is 10.2. The van der Waals surface area contributed by atoms with E-state index in [1.54, 1.807) is 12.1 Å². The van der Waals surface area contributed by atoms with E-state index in [-0.39, 0.29) is 0 Å². The van der Waals surface area contributed by atoms with Crippen LogP contribution in [0.3, 0.4) is 0 Å². The van der Waals surface area contributed by atoms with Crippen LogP contribution in [-0.4, -0.2) is 5.24 Å². The number of carbonyl (C=O) groups excluding carboxylic acids is 1. The monoisotopic (exact) mass is 156 g/mol. The molecule has 0 amide bonds. The number of halogens is 1. The predicted octanol–water partition coefficient (Wildman–Crippen LogP) is 2.06. The molecule has 0 saturated heterocycles. The minimum atomic E-state index is -0.503. The lowest BCUT2D eigenvalue weighted by atomic mass is 10.4. The van der Waals surface area contributed by atoms with Gasteiger partial charge in [0.15, 0.2) is 0 Å². The molecule has 2 nitrogen and oxygen atoms in total. The summed E-state index contributed by atoms with van der Waals surface area (Å²) in [6.07, 6.45) is 4.27. The van der Waals surface area contributed by atoms with Crippen molar-refractivity contribution in [1.82, 2.24) is 0 Å². The van der Waals surface area contributed by atoms with Gasteiger partial charge in [-0.3, -0.25) is 4.79 Å². The van der Waals surface area contributed by atoms with Crippen molar-refractivity contribution in [2.45, 2.75) is 0 Å². The summed E-state index contributed by atoms with van der Waals surface area (Å²) in [7, 11) is 0. The van der Waals surface area contributed by atoms with E-state index in [9.17, 15) is 4.79 Å². The molecule has 0 unspecified atom stereocenters. The second-order valence-corrected chi connectivity index (χ2v) is 2.03. The Morgan fingerprint density at radius 3 is 3.00 bits per heavy atom. The number of rotatable bonds is 2. The first-order valence-electron chi connectivity index (χ1n) is 2.70. The van der Waals surface area contributed by atoms with Crippen LogP contribution < -0.4 is 0 Å². The Labute approximate surface area is 63.1 Å². The Morgan fingerprint density at radius 1 is 1.70 bits per heavy atom. The van der Waals surface area contributed by atoms with Crippen molar-refractivity contribution in [2.75, 3.05) is 0 Å². The second-order valence-electron chi connectivity index (χ2n) is 1.65. The number of allylic oxidation sites excluding steroid dienone is 1. The van der Waals surface area contributed by atoms with E-state index in [1.807, 2.05) is 0 Å². The fraction of sp³-hybridized carbons (Fsp3) is 0. The minimum absolute atomic E-state index is 0.503. The van der Waals surface area contributed by atoms with Gasteiger partial charge in [0, 0.05) is 6.08 Å². The third-order valence-corrected chi connectivity index (χ3v) is 1.05. The smallest absolute Gasteiger partial charge is 0.245 e. The Morgan fingerprint density at radius 2 is 2.50 bits per heavy atom. The van der Waals surface area contributed by atoms with Gasteiger partial charge in [0.2, 0.25) is 5.24 Å². The standard InChI is InChI=1S/C7H5ClO2/c8-7(9)4-3-6-2-1-5-10-6/h1-5H/b4-3+. The van der Waals surface area contributed by atoms with Gasteiger partial charge in [-0.25, -0.2) is 0 Å². The molecule has 0 bridgehead atoms. The van der Waals surface area contributed by atoms with Crippen molar-refractivity contribution in [3.05, 3.63) is 30.2 Å². The van der Waals surface area contributed by atoms with Crippen LogP contribution in [0.15, 0.2) is 28.9 Å². The molecule has 0 aliphatic rings. The fourth-order valence-electron chi connectivity index (χ4n) is 0.534. The molecule has 1 aromatic heterocycles. The largest absolute Gasteiger partial charge is 0.465 e. The van der Waals surface area contributed by atoms with Crippen LogP contribution in [0, 0.1) is 0 Å². The first kappa shape index (κ1) is 7.09. The average molecular weight is 157 g/mol.